The number of carboxylic acids is 1. The van der Waals surface area contributed by atoms with Crippen molar-refractivity contribution >= 4 is 5.97 Å². The van der Waals surface area contributed by atoms with Gasteiger partial charge in [-0.05, 0) is 0 Å². The largest absolute Gasteiger partial charge is 0.480 e. The second kappa shape index (κ2) is 3.91. The van der Waals surface area contributed by atoms with Gasteiger partial charge in [0.05, 0.1) is 0 Å². The van der Waals surface area contributed by atoms with E-state index in [0.29, 0.717) is 5.82 Å². The van der Waals surface area contributed by atoms with Crippen LogP contribution < -0.4 is 0 Å². The zero-order valence-electron chi connectivity index (χ0n) is 7.87. The van der Waals surface area contributed by atoms with Gasteiger partial charge in [0.25, 0.3) is 0 Å². The highest BCUT2D eigenvalue weighted by atomic mass is 16.4. The van der Waals surface area contributed by atoms with Crippen molar-refractivity contribution in [3.05, 3.63) is 36.7 Å². The van der Waals surface area contributed by atoms with Crippen LogP contribution in [0.4, 0.5) is 0 Å². The molecule has 1 N–H and O–H groups in total. The summed E-state index contributed by atoms with van der Waals surface area (Å²) in [5.74, 6) is -0.365. The van der Waals surface area contributed by atoms with E-state index in [-0.39, 0.29) is 6.54 Å². The van der Waals surface area contributed by atoms with Gasteiger partial charge in [-0.1, -0.05) is 30.3 Å². The van der Waals surface area contributed by atoms with Crippen molar-refractivity contribution in [2.75, 3.05) is 0 Å². The smallest absolute Gasteiger partial charge is 0.325 e. The van der Waals surface area contributed by atoms with Crippen LogP contribution in [0.1, 0.15) is 0 Å². The summed E-state index contributed by atoms with van der Waals surface area (Å²) in [6.45, 7) is -0.176. The lowest BCUT2D eigenvalue weighted by Gasteiger charge is -2.02. The van der Waals surface area contributed by atoms with E-state index in [9.17, 15) is 4.79 Å². The van der Waals surface area contributed by atoms with E-state index in [1.165, 1.54) is 11.0 Å². The molecule has 0 aliphatic heterocycles. The zero-order chi connectivity index (χ0) is 10.7. The van der Waals surface area contributed by atoms with E-state index in [0.717, 1.165) is 5.56 Å². The van der Waals surface area contributed by atoms with Crippen molar-refractivity contribution in [1.29, 1.82) is 0 Å². The van der Waals surface area contributed by atoms with Gasteiger partial charge in [-0.15, -0.1) is 0 Å². The molecule has 0 atom stereocenters. The maximum atomic E-state index is 10.6. The van der Waals surface area contributed by atoms with Crippen molar-refractivity contribution in [2.45, 2.75) is 6.54 Å². The van der Waals surface area contributed by atoms with E-state index in [1.54, 1.807) is 0 Å². The minimum atomic E-state index is -0.933. The first-order valence-corrected chi connectivity index (χ1v) is 4.42. The molecule has 15 heavy (non-hydrogen) atoms. The van der Waals surface area contributed by atoms with Gasteiger partial charge in [0.1, 0.15) is 12.9 Å². The molecule has 1 aromatic heterocycles. The molecule has 0 fully saturated rings. The van der Waals surface area contributed by atoms with Crippen molar-refractivity contribution in [2.24, 2.45) is 0 Å². The standard InChI is InChI=1S/C10H9N3O2/c14-9(15)6-13-10(11-7-12-13)8-4-2-1-3-5-8/h1-5,7H,6H2,(H,14,15). The Bertz CT molecular complexity index is 465. The second-order valence-corrected chi connectivity index (χ2v) is 3.00. The Morgan fingerprint density at radius 1 is 1.33 bits per heavy atom. The molecule has 5 nitrogen and oxygen atoms in total. The number of rotatable bonds is 3. The predicted octanol–water partition coefficient (Wildman–Crippen LogP) is 1.03. The number of carboxylic acid groups (broad SMARTS) is 1. The number of nitrogens with zero attached hydrogens (tertiary/aromatic N) is 3. The topological polar surface area (TPSA) is 68.0 Å². The monoisotopic (exact) mass is 203 g/mol. The minimum absolute atomic E-state index is 0.176. The van der Waals surface area contributed by atoms with Crippen LogP contribution in [-0.2, 0) is 11.3 Å². The third-order valence-electron chi connectivity index (χ3n) is 1.93. The van der Waals surface area contributed by atoms with Gasteiger partial charge in [-0.25, -0.2) is 9.67 Å². The molecule has 1 aromatic carbocycles. The van der Waals surface area contributed by atoms with Crippen LogP contribution in [0, 0.1) is 0 Å². The van der Waals surface area contributed by atoms with Crippen molar-refractivity contribution in [3.8, 4) is 11.4 Å². The minimum Gasteiger partial charge on any atom is -0.480 e. The molecule has 0 aliphatic carbocycles. The lowest BCUT2D eigenvalue weighted by molar-refractivity contribution is -0.137. The van der Waals surface area contributed by atoms with E-state index in [4.69, 9.17) is 5.11 Å². The summed E-state index contributed by atoms with van der Waals surface area (Å²) >= 11 is 0. The number of carbonyl (C=O) groups is 1. The summed E-state index contributed by atoms with van der Waals surface area (Å²) in [6.07, 6.45) is 1.35. The molecule has 5 heteroatoms. The third-order valence-corrected chi connectivity index (χ3v) is 1.93. The number of aromatic nitrogens is 3. The van der Waals surface area contributed by atoms with Crippen LogP contribution in [-0.4, -0.2) is 25.8 Å². The Hall–Kier alpha value is -2.17. The molecule has 0 radical (unpaired) electrons. The van der Waals surface area contributed by atoms with Crippen LogP contribution in [0.3, 0.4) is 0 Å². The normalized spacial score (nSPS) is 10.1. The summed E-state index contributed by atoms with van der Waals surface area (Å²) in [5.41, 5.74) is 0.858. The van der Waals surface area contributed by atoms with E-state index in [2.05, 4.69) is 10.1 Å². The summed E-state index contributed by atoms with van der Waals surface area (Å²) < 4.78 is 1.36. The van der Waals surface area contributed by atoms with Gasteiger partial charge < -0.3 is 5.11 Å². The van der Waals surface area contributed by atoms with Gasteiger partial charge in [-0.2, -0.15) is 5.10 Å². The molecule has 0 spiro atoms. The summed E-state index contributed by atoms with van der Waals surface area (Å²) in [6, 6.07) is 9.36. The maximum Gasteiger partial charge on any atom is 0.325 e. The SMILES string of the molecule is O=C(O)Cn1ncnc1-c1ccccc1. The van der Waals surface area contributed by atoms with Crippen molar-refractivity contribution < 1.29 is 9.90 Å². The lowest BCUT2D eigenvalue weighted by atomic mass is 10.2. The fourth-order valence-corrected chi connectivity index (χ4v) is 1.32. The molecule has 76 valence electrons. The highest BCUT2D eigenvalue weighted by Crippen LogP contribution is 2.14. The van der Waals surface area contributed by atoms with E-state index >= 15 is 0 Å². The molecule has 0 saturated heterocycles. The molecule has 0 aliphatic rings. The molecule has 0 amide bonds. The van der Waals surface area contributed by atoms with Crippen molar-refractivity contribution in [1.82, 2.24) is 14.8 Å². The highest BCUT2D eigenvalue weighted by molar-refractivity contribution is 5.67. The Labute approximate surface area is 86.0 Å². The number of aliphatic carboxylic acids is 1. The average Bonchev–Trinajstić information content (AvgIpc) is 2.66. The van der Waals surface area contributed by atoms with Crippen LogP contribution in [0.15, 0.2) is 36.7 Å². The van der Waals surface area contributed by atoms with Gasteiger partial charge in [0.2, 0.25) is 0 Å². The van der Waals surface area contributed by atoms with E-state index in [1.807, 2.05) is 30.3 Å². The molecule has 2 rings (SSSR count). The molecular formula is C10H9N3O2. The van der Waals surface area contributed by atoms with Gasteiger partial charge in [0.15, 0.2) is 5.82 Å². The molecule has 0 bridgehead atoms. The maximum absolute atomic E-state index is 10.6. The summed E-state index contributed by atoms with van der Waals surface area (Å²) in [5, 5.41) is 12.5. The first-order chi connectivity index (χ1) is 7.27. The zero-order valence-corrected chi connectivity index (χ0v) is 7.87. The van der Waals surface area contributed by atoms with Gasteiger partial charge in [-0.3, -0.25) is 4.79 Å². The Balaban J connectivity index is 2.37. The van der Waals surface area contributed by atoms with Crippen LogP contribution in [0.2, 0.25) is 0 Å². The number of benzene rings is 1. The Morgan fingerprint density at radius 3 is 2.73 bits per heavy atom. The average molecular weight is 203 g/mol. The van der Waals surface area contributed by atoms with Gasteiger partial charge >= 0.3 is 5.97 Å². The summed E-state index contributed by atoms with van der Waals surface area (Å²) in [4.78, 5) is 14.6. The molecule has 2 aromatic rings. The van der Waals surface area contributed by atoms with Crippen LogP contribution in [0.5, 0.6) is 0 Å². The number of hydrogen-bond donors (Lipinski definition) is 1. The van der Waals surface area contributed by atoms with Crippen molar-refractivity contribution in [3.63, 3.8) is 0 Å². The first kappa shape index (κ1) is 9.39. The molecule has 0 saturated carbocycles. The predicted molar refractivity (Wildman–Crippen MR) is 53.1 cm³/mol. The summed E-state index contributed by atoms with van der Waals surface area (Å²) in [7, 11) is 0. The second-order valence-electron chi connectivity index (χ2n) is 3.00. The highest BCUT2D eigenvalue weighted by Gasteiger charge is 2.08. The molecule has 1 heterocycles. The molecular weight excluding hydrogens is 194 g/mol. The van der Waals surface area contributed by atoms with Gasteiger partial charge in [0, 0.05) is 5.56 Å². The fourth-order valence-electron chi connectivity index (χ4n) is 1.32. The number of hydrogen-bond acceptors (Lipinski definition) is 3. The lowest BCUT2D eigenvalue weighted by Crippen LogP contribution is -2.11. The van der Waals surface area contributed by atoms with Crippen LogP contribution >= 0.6 is 0 Å². The first-order valence-electron chi connectivity index (χ1n) is 4.42. The van der Waals surface area contributed by atoms with E-state index < -0.39 is 5.97 Å². The Morgan fingerprint density at radius 2 is 2.07 bits per heavy atom. The molecule has 0 unspecified atom stereocenters. The quantitative estimate of drug-likeness (QED) is 0.808. The van der Waals surface area contributed by atoms with Crippen LogP contribution in [0.25, 0.3) is 11.4 Å². The fraction of sp³-hybridized carbons (Fsp3) is 0.100. The Kier molecular flexibility index (Phi) is 2.45. The third kappa shape index (κ3) is 2.01.